The van der Waals surface area contributed by atoms with Gasteiger partial charge < -0.3 is 9.64 Å². The first kappa shape index (κ1) is 20.7. The second-order valence-corrected chi connectivity index (χ2v) is 7.96. The fourth-order valence-electron chi connectivity index (χ4n) is 4.33. The number of fused-ring (bicyclic) bond motifs is 1. The molecule has 1 fully saturated rings. The molecule has 1 unspecified atom stereocenters. The third-order valence-corrected chi connectivity index (χ3v) is 5.89. The molecule has 1 amide bonds. The normalized spacial score (nSPS) is 15.6. The highest BCUT2D eigenvalue weighted by molar-refractivity contribution is 5.92. The summed E-state index contributed by atoms with van der Waals surface area (Å²) < 4.78 is 7.57. The van der Waals surface area contributed by atoms with Gasteiger partial charge in [-0.2, -0.15) is 10.2 Å². The molecule has 166 valence electrons. The summed E-state index contributed by atoms with van der Waals surface area (Å²) >= 11 is 0. The molecule has 0 radical (unpaired) electrons. The number of rotatable bonds is 6. The van der Waals surface area contributed by atoms with Gasteiger partial charge >= 0.3 is 0 Å². The van der Waals surface area contributed by atoms with Gasteiger partial charge in [-0.05, 0) is 55.3 Å². The first-order chi connectivity index (χ1) is 16.1. The summed E-state index contributed by atoms with van der Waals surface area (Å²) in [6, 6.07) is 17.1. The Balaban J connectivity index is 1.48. The quantitative estimate of drug-likeness (QED) is 0.460. The van der Waals surface area contributed by atoms with Crippen molar-refractivity contribution in [2.75, 3.05) is 6.54 Å². The van der Waals surface area contributed by atoms with Crippen LogP contribution in [0.1, 0.15) is 12.8 Å². The van der Waals surface area contributed by atoms with Crippen LogP contribution in [-0.4, -0.2) is 43.4 Å². The number of para-hydroxylation sites is 1. The molecule has 1 aliphatic rings. The number of H-pyrrole nitrogens is 1. The molecule has 33 heavy (non-hydrogen) atoms. The molecule has 1 N–H and O–H groups in total. The van der Waals surface area contributed by atoms with E-state index >= 15 is 0 Å². The van der Waals surface area contributed by atoms with Gasteiger partial charge in [0.25, 0.3) is 5.56 Å². The van der Waals surface area contributed by atoms with Crippen LogP contribution in [0.15, 0.2) is 78.2 Å². The minimum Gasteiger partial charge on any atom is -0.457 e. The van der Waals surface area contributed by atoms with Gasteiger partial charge in [-0.1, -0.05) is 24.8 Å². The number of carbonyl (C=O) groups excluding carboxylic acids is 1. The van der Waals surface area contributed by atoms with E-state index in [0.717, 1.165) is 24.2 Å². The zero-order chi connectivity index (χ0) is 22.8. The summed E-state index contributed by atoms with van der Waals surface area (Å²) in [6.07, 6.45) is 4.72. The highest BCUT2D eigenvalue weighted by Crippen LogP contribution is 2.30. The number of aromatic amines is 1. The van der Waals surface area contributed by atoms with Crippen molar-refractivity contribution in [3.05, 3.63) is 83.8 Å². The van der Waals surface area contributed by atoms with Crippen LogP contribution in [-0.2, 0) is 11.3 Å². The van der Waals surface area contributed by atoms with E-state index in [0.29, 0.717) is 35.4 Å². The van der Waals surface area contributed by atoms with Crippen molar-refractivity contribution in [2.45, 2.75) is 25.4 Å². The number of nitrogens with one attached hydrogen (secondary N) is 1. The molecule has 2 aromatic carbocycles. The summed E-state index contributed by atoms with van der Waals surface area (Å²) in [5, 5.41) is 11.9. The van der Waals surface area contributed by atoms with Gasteiger partial charge in [0.2, 0.25) is 5.91 Å². The van der Waals surface area contributed by atoms with Crippen LogP contribution >= 0.6 is 0 Å². The summed E-state index contributed by atoms with van der Waals surface area (Å²) in [7, 11) is 0. The lowest BCUT2D eigenvalue weighted by molar-refractivity contribution is -0.127. The van der Waals surface area contributed by atoms with Gasteiger partial charge in [0.05, 0.1) is 24.2 Å². The summed E-state index contributed by atoms with van der Waals surface area (Å²) in [4.78, 5) is 26.7. The van der Waals surface area contributed by atoms with Crippen LogP contribution in [0, 0.1) is 0 Å². The number of hydrogen-bond donors (Lipinski definition) is 1. The molecule has 8 heteroatoms. The van der Waals surface area contributed by atoms with Gasteiger partial charge in [-0.25, -0.2) is 5.10 Å². The number of carbonyl (C=O) groups is 1. The molecule has 0 aliphatic carbocycles. The van der Waals surface area contributed by atoms with Crippen molar-refractivity contribution in [1.82, 2.24) is 24.9 Å². The van der Waals surface area contributed by atoms with E-state index in [9.17, 15) is 9.59 Å². The molecule has 5 rings (SSSR count). The minimum absolute atomic E-state index is 0.0411. The Labute approximate surface area is 190 Å². The molecule has 2 aromatic heterocycles. The zero-order valence-electron chi connectivity index (χ0n) is 18.0. The average molecular weight is 441 g/mol. The van der Waals surface area contributed by atoms with Crippen LogP contribution < -0.4 is 10.3 Å². The van der Waals surface area contributed by atoms with E-state index in [1.807, 2.05) is 54.6 Å². The fraction of sp³-hybridized carbons (Fsp3) is 0.200. The predicted octanol–water partition coefficient (Wildman–Crippen LogP) is 3.76. The first-order valence-corrected chi connectivity index (χ1v) is 10.8. The SMILES string of the molecule is C=CC(=O)N1CCCC1Cn1nc(-c2ccc(Oc3ccccc3)cc2)c2cn[nH]c(=O)c21. The lowest BCUT2D eigenvalue weighted by Gasteiger charge is -2.23. The largest absolute Gasteiger partial charge is 0.457 e. The third kappa shape index (κ3) is 4.03. The number of nitrogens with zero attached hydrogens (tertiary/aromatic N) is 4. The topological polar surface area (TPSA) is 93.1 Å². The number of ether oxygens (including phenoxy) is 1. The molecule has 4 aromatic rings. The van der Waals surface area contributed by atoms with Crippen LogP contribution in [0.4, 0.5) is 0 Å². The molecule has 3 heterocycles. The molecular weight excluding hydrogens is 418 g/mol. The number of aromatic nitrogens is 4. The van der Waals surface area contributed by atoms with E-state index in [1.54, 1.807) is 15.8 Å². The summed E-state index contributed by atoms with van der Waals surface area (Å²) in [6.45, 7) is 4.71. The molecule has 1 saturated heterocycles. The Morgan fingerprint density at radius 1 is 1.15 bits per heavy atom. The molecule has 1 atom stereocenters. The smallest absolute Gasteiger partial charge is 0.290 e. The van der Waals surface area contributed by atoms with E-state index in [4.69, 9.17) is 9.84 Å². The Kier molecular flexibility index (Phi) is 5.48. The minimum atomic E-state index is -0.310. The van der Waals surface area contributed by atoms with Crippen LogP contribution in [0.5, 0.6) is 11.5 Å². The van der Waals surface area contributed by atoms with E-state index < -0.39 is 0 Å². The number of hydrogen-bond acceptors (Lipinski definition) is 5. The van der Waals surface area contributed by atoms with Crippen molar-refractivity contribution in [3.63, 3.8) is 0 Å². The maximum Gasteiger partial charge on any atom is 0.290 e. The molecule has 0 spiro atoms. The van der Waals surface area contributed by atoms with E-state index in [2.05, 4.69) is 16.8 Å². The van der Waals surface area contributed by atoms with Gasteiger partial charge in [0.15, 0.2) is 0 Å². The van der Waals surface area contributed by atoms with E-state index in [-0.39, 0.29) is 17.5 Å². The average Bonchev–Trinajstić information content (AvgIpc) is 3.46. The Bertz CT molecular complexity index is 1360. The van der Waals surface area contributed by atoms with Crippen molar-refractivity contribution in [1.29, 1.82) is 0 Å². The van der Waals surface area contributed by atoms with Gasteiger partial charge in [-0.15, -0.1) is 0 Å². The maximum absolute atomic E-state index is 12.7. The number of likely N-dealkylation sites (tertiary alicyclic amines) is 1. The van der Waals surface area contributed by atoms with Crippen molar-refractivity contribution in [3.8, 4) is 22.8 Å². The van der Waals surface area contributed by atoms with Crippen LogP contribution in [0.3, 0.4) is 0 Å². The van der Waals surface area contributed by atoms with Gasteiger partial charge in [0, 0.05) is 12.1 Å². The second kappa shape index (κ2) is 8.74. The molecule has 1 aliphatic heterocycles. The Hall–Kier alpha value is -4.20. The predicted molar refractivity (Wildman–Crippen MR) is 125 cm³/mol. The molecule has 0 bridgehead atoms. The number of amides is 1. The van der Waals surface area contributed by atoms with Crippen LogP contribution in [0.2, 0.25) is 0 Å². The lowest BCUT2D eigenvalue weighted by atomic mass is 10.1. The molecule has 8 nitrogen and oxygen atoms in total. The van der Waals surface area contributed by atoms with Gasteiger partial charge in [0.1, 0.15) is 22.7 Å². The van der Waals surface area contributed by atoms with Gasteiger partial charge in [-0.3, -0.25) is 14.3 Å². The van der Waals surface area contributed by atoms with Crippen molar-refractivity contribution >= 4 is 16.8 Å². The molecule has 0 saturated carbocycles. The van der Waals surface area contributed by atoms with Crippen LogP contribution in [0.25, 0.3) is 22.2 Å². The standard InChI is InChI=1S/C25H23N5O3/c1-2-22(31)29-14-6-7-18(29)16-30-24-21(15-26-27-25(24)32)23(28-30)17-10-12-20(13-11-17)33-19-8-4-3-5-9-19/h2-5,8-13,15,18H,1,6-7,14,16H2,(H,27,32). The monoisotopic (exact) mass is 441 g/mol. The Morgan fingerprint density at radius 3 is 2.67 bits per heavy atom. The Morgan fingerprint density at radius 2 is 1.91 bits per heavy atom. The van der Waals surface area contributed by atoms with Crippen molar-refractivity contribution < 1.29 is 9.53 Å². The van der Waals surface area contributed by atoms with Crippen molar-refractivity contribution in [2.24, 2.45) is 0 Å². The molecular formula is C25H23N5O3. The maximum atomic E-state index is 12.7. The summed E-state index contributed by atoms with van der Waals surface area (Å²) in [5.74, 6) is 1.36. The first-order valence-electron chi connectivity index (χ1n) is 10.8. The second-order valence-electron chi connectivity index (χ2n) is 7.96. The highest BCUT2D eigenvalue weighted by Gasteiger charge is 2.29. The zero-order valence-corrected chi connectivity index (χ0v) is 18.0. The number of benzene rings is 2. The highest BCUT2D eigenvalue weighted by atomic mass is 16.5. The lowest BCUT2D eigenvalue weighted by Crippen LogP contribution is -2.37. The fourth-order valence-corrected chi connectivity index (χ4v) is 4.33. The summed E-state index contributed by atoms with van der Waals surface area (Å²) in [5.41, 5.74) is 1.64. The van der Waals surface area contributed by atoms with E-state index in [1.165, 1.54) is 6.08 Å². The third-order valence-electron chi connectivity index (χ3n) is 5.89.